The number of sulfone groups is 1. The van der Waals surface area contributed by atoms with Crippen LogP contribution in [0, 0.1) is 6.07 Å². The van der Waals surface area contributed by atoms with Gasteiger partial charge in [0.1, 0.15) is 6.17 Å². The zero-order valence-electron chi connectivity index (χ0n) is 22.8. The van der Waals surface area contributed by atoms with Crippen LogP contribution in [0.4, 0.5) is 4.39 Å². The number of benzene rings is 1. The number of hydrogen-bond donors (Lipinski definition) is 0. The van der Waals surface area contributed by atoms with E-state index >= 15 is 0 Å². The average Bonchev–Trinajstić information content (AvgIpc) is 2.86. The summed E-state index contributed by atoms with van der Waals surface area (Å²) in [5.41, 5.74) is 0. The number of rotatable bonds is 25. The van der Waals surface area contributed by atoms with E-state index in [2.05, 4.69) is 13.0 Å². The van der Waals surface area contributed by atoms with Gasteiger partial charge in [0.2, 0.25) is 0 Å². The van der Waals surface area contributed by atoms with Crippen molar-refractivity contribution in [1.82, 2.24) is 0 Å². The van der Waals surface area contributed by atoms with Crippen LogP contribution in [0.1, 0.15) is 148 Å². The lowest BCUT2D eigenvalue weighted by atomic mass is 10.0. The molecule has 0 spiro atoms. The molecule has 1 unspecified atom stereocenters. The summed E-state index contributed by atoms with van der Waals surface area (Å²) in [5, 5.41) is 0. The van der Waals surface area contributed by atoms with E-state index in [0.717, 1.165) is 32.1 Å². The summed E-state index contributed by atoms with van der Waals surface area (Å²) in [5.74, 6) is 0.196. The van der Waals surface area contributed by atoms with Crippen LogP contribution in [0.5, 0.6) is 0 Å². The van der Waals surface area contributed by atoms with Crippen molar-refractivity contribution in [2.45, 2.75) is 159 Å². The normalized spacial score (nSPS) is 12.7. The van der Waals surface area contributed by atoms with Crippen molar-refractivity contribution in [3.63, 3.8) is 0 Å². The van der Waals surface area contributed by atoms with Crippen LogP contribution in [-0.4, -0.2) is 20.3 Å². The van der Waals surface area contributed by atoms with E-state index in [0.29, 0.717) is 24.2 Å². The molecule has 0 fully saturated rings. The molecule has 1 radical (unpaired) electrons. The highest BCUT2D eigenvalue weighted by Gasteiger charge is 2.13. The highest BCUT2D eigenvalue weighted by Crippen LogP contribution is 2.18. The van der Waals surface area contributed by atoms with Gasteiger partial charge in [-0.05, 0) is 37.5 Å². The second kappa shape index (κ2) is 22.3. The molecule has 0 N–H and O–H groups in total. The summed E-state index contributed by atoms with van der Waals surface area (Å²) >= 11 is 0. The molecule has 0 aliphatic rings. The van der Waals surface area contributed by atoms with E-state index in [1.807, 2.05) is 0 Å². The molecule has 1 aromatic rings. The van der Waals surface area contributed by atoms with E-state index in [9.17, 15) is 12.8 Å². The molecule has 0 bridgehead atoms. The van der Waals surface area contributed by atoms with Gasteiger partial charge in [-0.15, -0.1) is 0 Å². The third-order valence-electron chi connectivity index (χ3n) is 7.10. The third-order valence-corrected chi connectivity index (χ3v) is 8.91. The predicted molar refractivity (Wildman–Crippen MR) is 149 cm³/mol. The van der Waals surface area contributed by atoms with Gasteiger partial charge in [0.25, 0.3) is 0 Å². The van der Waals surface area contributed by atoms with Gasteiger partial charge in [-0.3, -0.25) is 0 Å². The summed E-state index contributed by atoms with van der Waals surface area (Å²) in [6.07, 6.45) is 25.3. The number of hydrogen-bond acceptors (Lipinski definition) is 2. The molecule has 35 heavy (non-hydrogen) atoms. The Kier molecular flexibility index (Phi) is 20.5. The second-order valence-corrected chi connectivity index (χ2v) is 12.6. The Morgan fingerprint density at radius 3 is 1.43 bits per heavy atom. The minimum absolute atomic E-state index is 0.196. The zero-order chi connectivity index (χ0) is 25.5. The van der Waals surface area contributed by atoms with Crippen molar-refractivity contribution in [1.29, 1.82) is 0 Å². The minimum atomic E-state index is -3.18. The first-order valence-electron chi connectivity index (χ1n) is 14.9. The highest BCUT2D eigenvalue weighted by molar-refractivity contribution is 7.91. The second-order valence-electron chi connectivity index (χ2n) is 10.4. The van der Waals surface area contributed by atoms with Crippen LogP contribution < -0.4 is 0 Å². The molecule has 0 saturated heterocycles. The summed E-state index contributed by atoms with van der Waals surface area (Å²) in [7, 11) is -3.18. The SMILES string of the molecule is CCCCCCCCCCCCCCCCCC(F)CCCCCCCS(=O)(=O)c1cc[c]cc1. The first-order valence-corrected chi connectivity index (χ1v) is 16.5. The lowest BCUT2D eigenvalue weighted by Gasteiger charge is -2.08. The van der Waals surface area contributed by atoms with E-state index in [1.54, 1.807) is 24.3 Å². The molecular weight excluding hydrogens is 455 g/mol. The van der Waals surface area contributed by atoms with Gasteiger partial charge < -0.3 is 0 Å². The maximum atomic E-state index is 14.1. The molecular formula is C31H54FO2S. The van der Waals surface area contributed by atoms with E-state index in [1.165, 1.54) is 89.9 Å². The fraction of sp³-hybridized carbons (Fsp3) is 0.806. The summed E-state index contributed by atoms with van der Waals surface area (Å²) in [6.45, 7) is 2.27. The number of halogens is 1. The standard InChI is InChI=1S/C31H54FO2S/c1-2-3-4-5-6-7-8-9-10-11-12-13-14-16-20-25-30(32)26-21-17-15-18-24-29-35(33,34)31-27-22-19-23-28-31/h22-23,27-28,30H,2-18,20-21,24-26,29H2,1H3. The highest BCUT2D eigenvalue weighted by atomic mass is 32.2. The molecule has 1 atom stereocenters. The molecule has 1 aromatic carbocycles. The Labute approximate surface area is 217 Å². The van der Waals surface area contributed by atoms with Crippen LogP contribution in [0.15, 0.2) is 29.2 Å². The molecule has 0 heterocycles. The monoisotopic (exact) mass is 509 g/mol. The van der Waals surface area contributed by atoms with Gasteiger partial charge in [-0.1, -0.05) is 141 Å². The Hall–Kier alpha value is -0.900. The quantitative estimate of drug-likeness (QED) is 0.123. The van der Waals surface area contributed by atoms with Gasteiger partial charge in [0, 0.05) is 0 Å². The van der Waals surface area contributed by atoms with E-state index < -0.39 is 16.0 Å². The average molecular weight is 510 g/mol. The summed E-state index contributed by atoms with van der Waals surface area (Å²) in [4.78, 5) is 0.385. The minimum Gasteiger partial charge on any atom is -0.247 e. The molecule has 203 valence electrons. The largest absolute Gasteiger partial charge is 0.247 e. The fourth-order valence-corrected chi connectivity index (χ4v) is 6.14. The van der Waals surface area contributed by atoms with Crippen molar-refractivity contribution in [2.24, 2.45) is 0 Å². The Bertz CT molecular complexity index is 674. The lowest BCUT2D eigenvalue weighted by molar-refractivity contribution is 0.279. The molecule has 2 nitrogen and oxygen atoms in total. The van der Waals surface area contributed by atoms with Crippen LogP contribution in [-0.2, 0) is 9.84 Å². The van der Waals surface area contributed by atoms with Crippen molar-refractivity contribution in [3.8, 4) is 0 Å². The maximum absolute atomic E-state index is 14.1. The van der Waals surface area contributed by atoms with E-state index in [-0.39, 0.29) is 5.75 Å². The van der Waals surface area contributed by atoms with Crippen LogP contribution in [0.2, 0.25) is 0 Å². The molecule has 0 aliphatic heterocycles. The Morgan fingerprint density at radius 2 is 1.00 bits per heavy atom. The number of unbranched alkanes of at least 4 members (excludes halogenated alkanes) is 18. The summed E-state index contributed by atoms with van der Waals surface area (Å²) in [6, 6.07) is 9.34. The topological polar surface area (TPSA) is 34.1 Å². The maximum Gasteiger partial charge on any atom is 0.178 e. The van der Waals surface area contributed by atoms with Crippen molar-refractivity contribution in [3.05, 3.63) is 30.3 Å². The third kappa shape index (κ3) is 19.0. The van der Waals surface area contributed by atoms with Gasteiger partial charge in [-0.25, -0.2) is 12.8 Å². The summed E-state index contributed by atoms with van der Waals surface area (Å²) < 4.78 is 38.6. The first kappa shape index (κ1) is 32.1. The molecule has 0 saturated carbocycles. The van der Waals surface area contributed by atoms with Crippen LogP contribution in [0.25, 0.3) is 0 Å². The smallest absolute Gasteiger partial charge is 0.178 e. The molecule has 0 aromatic heterocycles. The lowest BCUT2D eigenvalue weighted by Crippen LogP contribution is -2.06. The predicted octanol–water partition coefficient (Wildman–Crippen LogP) is 10.2. The number of alkyl halides is 1. The van der Waals surface area contributed by atoms with Crippen LogP contribution in [0.3, 0.4) is 0 Å². The van der Waals surface area contributed by atoms with Gasteiger partial charge in [0.15, 0.2) is 9.84 Å². The van der Waals surface area contributed by atoms with Crippen molar-refractivity contribution in [2.75, 3.05) is 5.75 Å². The van der Waals surface area contributed by atoms with E-state index in [4.69, 9.17) is 0 Å². The molecule has 1 rings (SSSR count). The van der Waals surface area contributed by atoms with Gasteiger partial charge in [-0.2, -0.15) is 0 Å². The zero-order valence-corrected chi connectivity index (χ0v) is 23.6. The fourth-order valence-electron chi connectivity index (χ4n) is 4.77. The molecule has 0 amide bonds. The first-order chi connectivity index (χ1) is 17.1. The van der Waals surface area contributed by atoms with Crippen molar-refractivity contribution >= 4 is 9.84 Å². The van der Waals surface area contributed by atoms with Gasteiger partial charge in [0.05, 0.1) is 10.6 Å². The van der Waals surface area contributed by atoms with Crippen LogP contribution >= 0.6 is 0 Å². The Morgan fingerprint density at radius 1 is 0.629 bits per heavy atom. The molecule has 4 heteroatoms. The Balaban J connectivity index is 1.81. The van der Waals surface area contributed by atoms with Gasteiger partial charge >= 0.3 is 0 Å². The van der Waals surface area contributed by atoms with Crippen molar-refractivity contribution < 1.29 is 12.8 Å². The molecule has 0 aliphatic carbocycles.